The Kier molecular flexibility index (Phi) is 6.90. The number of halogens is 6. The second kappa shape index (κ2) is 8.27. The van der Waals surface area contributed by atoms with Crippen LogP contribution in [-0.4, -0.2) is 6.11 Å². The molecule has 0 amide bonds. The van der Waals surface area contributed by atoms with E-state index in [-0.39, 0.29) is 11.1 Å². The zero-order valence-electron chi connectivity index (χ0n) is 14.2. The molecule has 0 saturated heterocycles. The summed E-state index contributed by atoms with van der Waals surface area (Å²) in [5, 5.41) is 0. The van der Waals surface area contributed by atoms with Gasteiger partial charge in [-0.15, -0.1) is 0 Å². The number of rotatable bonds is 3. The standard InChI is InChI=1S/C16H12F6O.C2H6/c1-8-3-10(17)5-12(15(20)4-8)16(21,22)23-11-6-13(18)9(2)14(19)7-11;1-2/h3-4,6-7H,5H2,1-2H3;1-2H3. The third-order valence-electron chi connectivity index (χ3n) is 3.22. The Bertz CT molecular complexity index is 708. The first-order valence-corrected chi connectivity index (χ1v) is 7.56. The molecular weight excluding hydrogens is 346 g/mol. The molecule has 0 heterocycles. The third-order valence-corrected chi connectivity index (χ3v) is 3.22. The number of ether oxygens (including phenoxy) is 1. The van der Waals surface area contributed by atoms with Gasteiger partial charge in [0.15, 0.2) is 0 Å². The van der Waals surface area contributed by atoms with Crippen LogP contribution in [0.3, 0.4) is 0 Å². The smallest absolute Gasteiger partial charge is 0.426 e. The van der Waals surface area contributed by atoms with Crippen LogP contribution in [0.15, 0.2) is 47.1 Å². The molecule has 0 aliphatic heterocycles. The first-order chi connectivity index (χ1) is 11.6. The molecule has 0 spiro atoms. The van der Waals surface area contributed by atoms with Gasteiger partial charge in [-0.3, -0.25) is 0 Å². The van der Waals surface area contributed by atoms with Crippen LogP contribution in [-0.2, 0) is 0 Å². The Morgan fingerprint density at radius 1 is 0.920 bits per heavy atom. The summed E-state index contributed by atoms with van der Waals surface area (Å²) in [7, 11) is 0. The summed E-state index contributed by atoms with van der Waals surface area (Å²) in [5.41, 5.74) is -1.52. The van der Waals surface area contributed by atoms with Crippen LogP contribution in [0.2, 0.25) is 0 Å². The van der Waals surface area contributed by atoms with Gasteiger partial charge < -0.3 is 4.74 Å². The molecule has 0 fully saturated rings. The highest BCUT2D eigenvalue weighted by atomic mass is 19.3. The Morgan fingerprint density at radius 2 is 1.44 bits per heavy atom. The first kappa shape index (κ1) is 20.9. The second-order valence-electron chi connectivity index (χ2n) is 5.11. The minimum atomic E-state index is -4.27. The number of benzene rings is 1. The topological polar surface area (TPSA) is 9.23 Å². The normalized spacial score (nSPS) is 15.0. The van der Waals surface area contributed by atoms with E-state index in [9.17, 15) is 26.3 Å². The largest absolute Gasteiger partial charge is 0.429 e. The maximum Gasteiger partial charge on any atom is 0.426 e. The van der Waals surface area contributed by atoms with E-state index >= 15 is 0 Å². The van der Waals surface area contributed by atoms with E-state index in [0.717, 1.165) is 19.1 Å². The molecule has 0 bridgehead atoms. The number of hydrogen-bond acceptors (Lipinski definition) is 1. The highest BCUT2D eigenvalue weighted by Gasteiger charge is 2.41. The van der Waals surface area contributed by atoms with Gasteiger partial charge in [-0.2, -0.15) is 8.78 Å². The number of allylic oxidation sites excluding steroid dienone is 5. The van der Waals surface area contributed by atoms with Crippen molar-refractivity contribution < 1.29 is 31.1 Å². The molecule has 2 rings (SSSR count). The lowest BCUT2D eigenvalue weighted by atomic mass is 10.1. The zero-order valence-corrected chi connectivity index (χ0v) is 14.2. The summed E-state index contributed by atoms with van der Waals surface area (Å²) in [6, 6.07) is 1.10. The molecule has 0 unspecified atom stereocenters. The quantitative estimate of drug-likeness (QED) is 0.543. The number of alkyl halides is 2. The van der Waals surface area contributed by atoms with Gasteiger partial charge in [-0.25, -0.2) is 17.6 Å². The van der Waals surface area contributed by atoms with Crippen molar-refractivity contribution in [2.75, 3.05) is 0 Å². The van der Waals surface area contributed by atoms with E-state index in [1.165, 1.54) is 6.92 Å². The van der Waals surface area contributed by atoms with Crippen molar-refractivity contribution in [1.82, 2.24) is 0 Å². The van der Waals surface area contributed by atoms with Crippen LogP contribution in [0.1, 0.15) is 32.8 Å². The molecular formula is C18H18F6O. The molecule has 1 aromatic carbocycles. The summed E-state index contributed by atoms with van der Waals surface area (Å²) < 4.78 is 86.5. The van der Waals surface area contributed by atoms with Gasteiger partial charge in [0.1, 0.15) is 29.0 Å². The summed E-state index contributed by atoms with van der Waals surface area (Å²) in [5.74, 6) is -5.35. The molecule has 1 aliphatic rings. The predicted octanol–water partition coefficient (Wildman–Crippen LogP) is 6.70. The lowest BCUT2D eigenvalue weighted by molar-refractivity contribution is -0.145. The minimum absolute atomic E-state index is 0.109. The fraction of sp³-hybridized carbons (Fsp3) is 0.333. The monoisotopic (exact) mass is 364 g/mol. The molecule has 0 N–H and O–H groups in total. The van der Waals surface area contributed by atoms with E-state index in [1.807, 2.05) is 13.8 Å². The van der Waals surface area contributed by atoms with Crippen LogP contribution in [0.25, 0.3) is 0 Å². The van der Waals surface area contributed by atoms with Crippen LogP contribution in [0.5, 0.6) is 5.75 Å². The van der Waals surface area contributed by atoms with Crippen LogP contribution in [0, 0.1) is 18.6 Å². The average Bonchev–Trinajstić information content (AvgIpc) is 2.64. The minimum Gasteiger partial charge on any atom is -0.429 e. The summed E-state index contributed by atoms with van der Waals surface area (Å²) in [6.45, 7) is 6.46. The number of hydrogen-bond donors (Lipinski definition) is 0. The maximum absolute atomic E-state index is 14.1. The van der Waals surface area contributed by atoms with Crippen LogP contribution in [0.4, 0.5) is 26.3 Å². The Labute approximate surface area is 142 Å². The lowest BCUT2D eigenvalue weighted by Gasteiger charge is -2.21. The van der Waals surface area contributed by atoms with Gasteiger partial charge in [0.25, 0.3) is 0 Å². The van der Waals surface area contributed by atoms with Crippen molar-refractivity contribution in [2.24, 2.45) is 0 Å². The molecule has 0 saturated carbocycles. The van der Waals surface area contributed by atoms with E-state index in [4.69, 9.17) is 0 Å². The summed E-state index contributed by atoms with van der Waals surface area (Å²) in [6.07, 6.45) is -3.64. The van der Waals surface area contributed by atoms with Gasteiger partial charge in [0.05, 0.1) is 5.57 Å². The van der Waals surface area contributed by atoms with Crippen molar-refractivity contribution in [2.45, 2.75) is 40.2 Å². The molecule has 1 aromatic rings. The molecule has 25 heavy (non-hydrogen) atoms. The van der Waals surface area contributed by atoms with Crippen molar-refractivity contribution in [1.29, 1.82) is 0 Å². The van der Waals surface area contributed by atoms with Crippen molar-refractivity contribution >= 4 is 0 Å². The molecule has 7 heteroatoms. The van der Waals surface area contributed by atoms with Gasteiger partial charge in [-0.05, 0) is 31.6 Å². The van der Waals surface area contributed by atoms with Crippen molar-refractivity contribution in [3.8, 4) is 5.75 Å². The Morgan fingerprint density at radius 3 is 1.96 bits per heavy atom. The third kappa shape index (κ3) is 5.14. The first-order valence-electron chi connectivity index (χ1n) is 7.56. The molecule has 0 aromatic heterocycles. The fourth-order valence-electron chi connectivity index (χ4n) is 2.01. The van der Waals surface area contributed by atoms with Gasteiger partial charge in [-0.1, -0.05) is 13.8 Å². The second-order valence-corrected chi connectivity index (χ2v) is 5.11. The summed E-state index contributed by atoms with van der Waals surface area (Å²) >= 11 is 0. The predicted molar refractivity (Wildman–Crippen MR) is 83.7 cm³/mol. The molecule has 1 nitrogen and oxygen atoms in total. The van der Waals surface area contributed by atoms with E-state index in [0.29, 0.717) is 12.1 Å². The van der Waals surface area contributed by atoms with Gasteiger partial charge >= 0.3 is 6.11 Å². The lowest BCUT2D eigenvalue weighted by Crippen LogP contribution is -2.28. The molecule has 138 valence electrons. The Hall–Kier alpha value is -2.18. The SMILES string of the molecule is CC.CC1=CC(F)=C(C(F)(F)Oc2cc(F)c(C)c(F)c2)CC(F)=C1. The van der Waals surface area contributed by atoms with Gasteiger partial charge in [0.2, 0.25) is 0 Å². The van der Waals surface area contributed by atoms with Crippen molar-refractivity contribution in [3.05, 3.63) is 64.3 Å². The van der Waals surface area contributed by atoms with Crippen LogP contribution >= 0.6 is 0 Å². The van der Waals surface area contributed by atoms with Crippen molar-refractivity contribution in [3.63, 3.8) is 0 Å². The summed E-state index contributed by atoms with van der Waals surface area (Å²) in [4.78, 5) is 0. The van der Waals surface area contributed by atoms with Gasteiger partial charge in [0, 0.05) is 24.1 Å². The maximum atomic E-state index is 14.1. The van der Waals surface area contributed by atoms with Crippen LogP contribution < -0.4 is 4.74 Å². The van der Waals surface area contributed by atoms with E-state index in [1.54, 1.807) is 0 Å². The average molecular weight is 364 g/mol. The molecule has 1 aliphatic carbocycles. The fourth-order valence-corrected chi connectivity index (χ4v) is 2.01. The highest BCUT2D eigenvalue weighted by Crippen LogP contribution is 2.38. The zero-order chi connectivity index (χ0) is 19.4. The highest BCUT2D eigenvalue weighted by molar-refractivity contribution is 5.38. The van der Waals surface area contributed by atoms with E-state index in [2.05, 4.69) is 4.74 Å². The molecule has 0 atom stereocenters. The van der Waals surface area contributed by atoms with E-state index < -0.39 is 47.1 Å². The Balaban J connectivity index is 0.00000151. The molecule has 0 radical (unpaired) electrons.